The number of rotatable bonds is 4. The standard InChI is InChI=1S/C14H18Cl2O.C13H17Cl2NO/c1-2-14(7-3-4-11(17)9-14)10-5-6-12(15)13(16)8-10;14-11-4-3-9(6-12(11)15)13(8-16)5-1-2-10(17)7-13/h5-6,8,11,17H,2-4,7,9H2,1H3;3-4,6,10,17H,1-2,5,7-8,16H2/t11-,14+;10-,13+/m10/s1. The van der Waals surface area contributed by atoms with E-state index >= 15 is 0 Å². The van der Waals surface area contributed by atoms with Gasteiger partial charge in [-0.25, -0.2) is 0 Å². The summed E-state index contributed by atoms with van der Waals surface area (Å²) in [5, 5.41) is 22.1. The molecule has 7 heteroatoms. The summed E-state index contributed by atoms with van der Waals surface area (Å²) in [6, 6.07) is 11.5. The third-order valence-electron chi connectivity index (χ3n) is 7.77. The van der Waals surface area contributed by atoms with Gasteiger partial charge in [-0.1, -0.05) is 65.5 Å². The van der Waals surface area contributed by atoms with E-state index in [0.717, 1.165) is 56.9 Å². The lowest BCUT2D eigenvalue weighted by Gasteiger charge is -2.39. The first-order valence-corrected chi connectivity index (χ1v) is 13.6. The van der Waals surface area contributed by atoms with Crippen molar-refractivity contribution in [2.75, 3.05) is 6.54 Å². The van der Waals surface area contributed by atoms with Crippen LogP contribution >= 0.6 is 46.4 Å². The van der Waals surface area contributed by atoms with Gasteiger partial charge in [-0.15, -0.1) is 0 Å². The van der Waals surface area contributed by atoms with E-state index < -0.39 is 0 Å². The maximum absolute atomic E-state index is 9.90. The van der Waals surface area contributed by atoms with Gasteiger partial charge >= 0.3 is 0 Å². The lowest BCUT2D eigenvalue weighted by molar-refractivity contribution is 0.0825. The second-order valence-corrected chi connectivity index (χ2v) is 11.5. The molecule has 0 saturated heterocycles. The van der Waals surface area contributed by atoms with Gasteiger partial charge in [0.1, 0.15) is 0 Å². The van der Waals surface area contributed by atoms with Gasteiger partial charge in [0.25, 0.3) is 0 Å². The third kappa shape index (κ3) is 6.42. The van der Waals surface area contributed by atoms with E-state index in [1.165, 1.54) is 5.56 Å². The molecule has 34 heavy (non-hydrogen) atoms. The number of aliphatic hydroxyl groups is 2. The van der Waals surface area contributed by atoms with Gasteiger partial charge in [-0.05, 0) is 98.6 Å². The van der Waals surface area contributed by atoms with Gasteiger partial charge in [0, 0.05) is 12.0 Å². The smallest absolute Gasteiger partial charge is 0.0595 e. The van der Waals surface area contributed by atoms with E-state index in [-0.39, 0.29) is 23.0 Å². The van der Waals surface area contributed by atoms with Gasteiger partial charge in [-0.2, -0.15) is 0 Å². The molecule has 4 rings (SSSR count). The van der Waals surface area contributed by atoms with E-state index in [0.29, 0.717) is 33.1 Å². The number of halogens is 4. The zero-order valence-electron chi connectivity index (χ0n) is 19.7. The molecule has 2 aromatic rings. The molecule has 0 aliphatic heterocycles. The predicted octanol–water partition coefficient (Wildman–Crippen LogP) is 7.70. The van der Waals surface area contributed by atoms with Crippen molar-refractivity contribution in [2.24, 2.45) is 5.73 Å². The van der Waals surface area contributed by atoms with Crippen LogP contribution in [0.1, 0.15) is 75.8 Å². The number of hydrogen-bond donors (Lipinski definition) is 3. The van der Waals surface area contributed by atoms with Gasteiger partial charge < -0.3 is 15.9 Å². The molecule has 4 atom stereocenters. The Bertz CT molecular complexity index is 894. The Kier molecular flexibility index (Phi) is 10.0. The number of hydrogen-bond acceptors (Lipinski definition) is 3. The average molecular weight is 547 g/mol. The number of aliphatic hydroxyl groups excluding tert-OH is 2. The minimum absolute atomic E-state index is 0.0753. The highest BCUT2D eigenvalue weighted by Gasteiger charge is 2.37. The van der Waals surface area contributed by atoms with Crippen LogP contribution < -0.4 is 5.73 Å². The SMILES string of the molecule is CC[C@]1(c2ccc(Cl)c(Cl)c2)CCC[C@@H](O)C1.NC[C@@]1(c2ccc(Cl)c(Cl)c2)CCC[C@H](O)C1. The van der Waals surface area contributed by atoms with Crippen molar-refractivity contribution in [3.63, 3.8) is 0 Å². The summed E-state index contributed by atoms with van der Waals surface area (Å²) < 4.78 is 0. The van der Waals surface area contributed by atoms with E-state index in [2.05, 4.69) is 13.0 Å². The highest BCUT2D eigenvalue weighted by atomic mass is 35.5. The topological polar surface area (TPSA) is 66.5 Å². The Morgan fingerprint density at radius 2 is 1.21 bits per heavy atom. The summed E-state index contributed by atoms with van der Waals surface area (Å²) in [7, 11) is 0. The molecule has 2 aliphatic carbocycles. The molecule has 0 spiro atoms. The fourth-order valence-electron chi connectivity index (χ4n) is 5.67. The maximum Gasteiger partial charge on any atom is 0.0595 e. The Morgan fingerprint density at radius 3 is 1.62 bits per heavy atom. The number of benzene rings is 2. The second kappa shape index (κ2) is 12.1. The molecule has 0 heterocycles. The van der Waals surface area contributed by atoms with Crippen molar-refractivity contribution in [2.45, 2.75) is 87.7 Å². The summed E-state index contributed by atoms with van der Waals surface area (Å²) in [6.45, 7) is 2.71. The molecular weight excluding hydrogens is 512 g/mol. The first-order valence-electron chi connectivity index (χ1n) is 12.1. The quantitative estimate of drug-likeness (QED) is 0.368. The molecule has 0 unspecified atom stereocenters. The maximum atomic E-state index is 9.90. The minimum Gasteiger partial charge on any atom is -0.393 e. The third-order valence-corrected chi connectivity index (χ3v) is 9.25. The molecule has 4 N–H and O–H groups in total. The van der Waals surface area contributed by atoms with Crippen molar-refractivity contribution in [1.29, 1.82) is 0 Å². The molecule has 2 saturated carbocycles. The summed E-state index contributed by atoms with van der Waals surface area (Å²) in [4.78, 5) is 0. The van der Waals surface area contributed by atoms with E-state index in [1.807, 2.05) is 24.3 Å². The van der Waals surface area contributed by atoms with Crippen LogP contribution in [0.5, 0.6) is 0 Å². The van der Waals surface area contributed by atoms with Crippen LogP contribution in [0.4, 0.5) is 0 Å². The zero-order chi connectivity index (χ0) is 24.9. The monoisotopic (exact) mass is 545 g/mol. The van der Waals surface area contributed by atoms with Crippen LogP contribution in [-0.2, 0) is 10.8 Å². The Labute approximate surface area is 223 Å². The summed E-state index contributed by atoms with van der Waals surface area (Å²) in [5.74, 6) is 0. The summed E-state index contributed by atoms with van der Waals surface area (Å²) in [6.07, 6.45) is 8.11. The fourth-order valence-corrected chi connectivity index (χ4v) is 6.26. The molecule has 188 valence electrons. The van der Waals surface area contributed by atoms with Crippen molar-refractivity contribution in [3.05, 3.63) is 67.6 Å². The van der Waals surface area contributed by atoms with Gasteiger partial charge in [0.15, 0.2) is 0 Å². The van der Waals surface area contributed by atoms with Crippen molar-refractivity contribution in [1.82, 2.24) is 0 Å². The second-order valence-electron chi connectivity index (χ2n) is 9.88. The molecule has 0 bridgehead atoms. The summed E-state index contributed by atoms with van der Waals surface area (Å²) in [5.41, 5.74) is 8.17. The first kappa shape index (κ1) is 28.1. The van der Waals surface area contributed by atoms with Crippen LogP contribution in [0.15, 0.2) is 36.4 Å². The van der Waals surface area contributed by atoms with Crippen molar-refractivity contribution < 1.29 is 10.2 Å². The minimum atomic E-state index is -0.262. The highest BCUT2D eigenvalue weighted by molar-refractivity contribution is 6.42. The lowest BCUT2D eigenvalue weighted by Crippen LogP contribution is -2.41. The average Bonchev–Trinajstić information content (AvgIpc) is 2.82. The largest absolute Gasteiger partial charge is 0.393 e. The van der Waals surface area contributed by atoms with E-state index in [4.69, 9.17) is 52.1 Å². The fraction of sp³-hybridized carbons (Fsp3) is 0.556. The molecule has 0 aromatic heterocycles. The Hall–Kier alpha value is -0.520. The van der Waals surface area contributed by atoms with Crippen LogP contribution in [-0.4, -0.2) is 29.0 Å². The highest BCUT2D eigenvalue weighted by Crippen LogP contribution is 2.44. The molecule has 0 amide bonds. The van der Waals surface area contributed by atoms with Gasteiger partial charge in [-0.3, -0.25) is 0 Å². The predicted molar refractivity (Wildman–Crippen MR) is 145 cm³/mol. The Balaban J connectivity index is 0.000000191. The van der Waals surface area contributed by atoms with E-state index in [1.54, 1.807) is 6.07 Å². The molecule has 2 aliphatic rings. The molecule has 2 fully saturated rings. The normalized spacial score (nSPS) is 29.3. The van der Waals surface area contributed by atoms with Crippen LogP contribution in [0.2, 0.25) is 20.1 Å². The van der Waals surface area contributed by atoms with Crippen molar-refractivity contribution in [3.8, 4) is 0 Å². The molecule has 2 aromatic carbocycles. The van der Waals surface area contributed by atoms with Gasteiger partial charge in [0.2, 0.25) is 0 Å². The summed E-state index contributed by atoms with van der Waals surface area (Å²) >= 11 is 24.0. The lowest BCUT2D eigenvalue weighted by atomic mass is 9.67. The van der Waals surface area contributed by atoms with Crippen LogP contribution in [0, 0.1) is 0 Å². The molecular formula is C27H35Cl4NO2. The van der Waals surface area contributed by atoms with Crippen LogP contribution in [0.25, 0.3) is 0 Å². The molecule has 0 radical (unpaired) electrons. The number of nitrogens with two attached hydrogens (primary N) is 1. The van der Waals surface area contributed by atoms with Crippen LogP contribution in [0.3, 0.4) is 0 Å². The molecule has 3 nitrogen and oxygen atoms in total. The Morgan fingerprint density at radius 1 is 0.765 bits per heavy atom. The zero-order valence-corrected chi connectivity index (χ0v) is 22.7. The van der Waals surface area contributed by atoms with E-state index in [9.17, 15) is 10.2 Å². The van der Waals surface area contributed by atoms with Crippen molar-refractivity contribution >= 4 is 46.4 Å². The first-order chi connectivity index (χ1) is 16.1. The van der Waals surface area contributed by atoms with Gasteiger partial charge in [0.05, 0.1) is 32.3 Å².